The van der Waals surface area contributed by atoms with Crippen LogP contribution in [0.3, 0.4) is 0 Å². The van der Waals surface area contributed by atoms with Crippen molar-refractivity contribution in [1.82, 2.24) is 0 Å². The van der Waals surface area contributed by atoms with Crippen molar-refractivity contribution in [3.63, 3.8) is 0 Å². The lowest BCUT2D eigenvalue weighted by Gasteiger charge is -2.06. The first-order valence-corrected chi connectivity index (χ1v) is 6.36. The van der Waals surface area contributed by atoms with Gasteiger partial charge in [-0.3, -0.25) is 4.79 Å². The summed E-state index contributed by atoms with van der Waals surface area (Å²) in [5.74, 6) is 0.593. The Morgan fingerprint density at radius 2 is 1.74 bits per heavy atom. The number of hydrogen-bond acceptors (Lipinski definition) is 2. The highest BCUT2D eigenvalue weighted by Gasteiger charge is 2.06. The molecule has 0 bridgehead atoms. The van der Waals surface area contributed by atoms with Crippen LogP contribution < -0.4 is 10.1 Å². The molecule has 0 unspecified atom stereocenters. The van der Waals surface area contributed by atoms with Crippen LogP contribution in [0.4, 0.5) is 5.69 Å². The maximum absolute atomic E-state index is 12.0. The fraction of sp³-hybridized carbons (Fsp3) is 0.133. The number of carbonyl (C=O) groups excluding carboxylic acids is 1. The third kappa shape index (κ3) is 3.73. The molecule has 0 aliphatic carbocycles. The minimum atomic E-state index is -0.162. The highest BCUT2D eigenvalue weighted by Crippen LogP contribution is 2.16. The quantitative estimate of drug-likeness (QED) is 0.916. The molecule has 2 aromatic rings. The van der Waals surface area contributed by atoms with Gasteiger partial charge in [-0.25, -0.2) is 0 Å². The van der Waals surface area contributed by atoms with Crippen molar-refractivity contribution in [2.45, 2.75) is 6.92 Å². The summed E-state index contributed by atoms with van der Waals surface area (Å²) in [7, 11) is 0. The molecule has 0 radical (unpaired) electrons. The summed E-state index contributed by atoms with van der Waals surface area (Å²) in [5, 5.41) is 3.44. The minimum Gasteiger partial charge on any atom is -0.494 e. The van der Waals surface area contributed by atoms with E-state index >= 15 is 0 Å². The highest BCUT2D eigenvalue weighted by molar-refractivity contribution is 6.30. The third-order valence-electron chi connectivity index (χ3n) is 2.53. The van der Waals surface area contributed by atoms with E-state index in [2.05, 4.69) is 5.32 Å². The van der Waals surface area contributed by atoms with Crippen LogP contribution in [-0.4, -0.2) is 12.5 Å². The maximum Gasteiger partial charge on any atom is 0.255 e. The number of amides is 1. The second-order valence-electron chi connectivity index (χ2n) is 3.92. The van der Waals surface area contributed by atoms with E-state index < -0.39 is 0 Å². The SMILES string of the molecule is CCOc1ccc(C(=O)Nc2ccc(Cl)cc2)cc1. The van der Waals surface area contributed by atoms with Gasteiger partial charge in [-0.2, -0.15) is 0 Å². The van der Waals surface area contributed by atoms with Gasteiger partial charge in [0, 0.05) is 16.3 Å². The zero-order valence-corrected chi connectivity index (χ0v) is 11.3. The van der Waals surface area contributed by atoms with E-state index in [9.17, 15) is 4.79 Å². The summed E-state index contributed by atoms with van der Waals surface area (Å²) in [6.45, 7) is 2.53. The largest absolute Gasteiger partial charge is 0.494 e. The average molecular weight is 276 g/mol. The normalized spacial score (nSPS) is 10.0. The Morgan fingerprint density at radius 3 is 2.32 bits per heavy atom. The van der Waals surface area contributed by atoms with Crippen molar-refractivity contribution in [3.05, 3.63) is 59.1 Å². The second kappa shape index (κ2) is 6.25. The summed E-state index contributed by atoms with van der Waals surface area (Å²) >= 11 is 5.79. The third-order valence-corrected chi connectivity index (χ3v) is 2.78. The van der Waals surface area contributed by atoms with E-state index in [4.69, 9.17) is 16.3 Å². The van der Waals surface area contributed by atoms with Crippen molar-refractivity contribution in [1.29, 1.82) is 0 Å². The van der Waals surface area contributed by atoms with Gasteiger partial charge in [0.15, 0.2) is 0 Å². The Hall–Kier alpha value is -2.00. The first-order chi connectivity index (χ1) is 9.19. The molecule has 0 heterocycles. The molecule has 0 aliphatic rings. The lowest BCUT2D eigenvalue weighted by Crippen LogP contribution is -2.11. The molecule has 0 spiro atoms. The maximum atomic E-state index is 12.0. The number of carbonyl (C=O) groups is 1. The van der Waals surface area contributed by atoms with Crippen LogP contribution in [0.5, 0.6) is 5.75 Å². The fourth-order valence-electron chi connectivity index (χ4n) is 1.61. The van der Waals surface area contributed by atoms with Gasteiger partial charge in [0.2, 0.25) is 0 Å². The summed E-state index contributed by atoms with van der Waals surface area (Å²) in [4.78, 5) is 12.0. The molecular weight excluding hydrogens is 262 g/mol. The molecule has 0 fully saturated rings. The van der Waals surface area contributed by atoms with Gasteiger partial charge >= 0.3 is 0 Å². The molecule has 0 saturated carbocycles. The van der Waals surface area contributed by atoms with E-state index in [1.54, 1.807) is 48.5 Å². The Kier molecular flexibility index (Phi) is 4.42. The molecule has 0 atom stereocenters. The standard InChI is InChI=1S/C15H14ClNO2/c1-2-19-14-9-3-11(4-10-14)15(18)17-13-7-5-12(16)6-8-13/h3-10H,2H2,1H3,(H,17,18). The van der Waals surface area contributed by atoms with Gasteiger partial charge in [0.05, 0.1) is 6.61 Å². The van der Waals surface area contributed by atoms with Crippen LogP contribution in [0.15, 0.2) is 48.5 Å². The first-order valence-electron chi connectivity index (χ1n) is 5.99. The molecule has 0 saturated heterocycles. The van der Waals surface area contributed by atoms with Gasteiger partial charge in [-0.05, 0) is 55.5 Å². The van der Waals surface area contributed by atoms with Crippen LogP contribution >= 0.6 is 11.6 Å². The molecule has 1 N–H and O–H groups in total. The van der Waals surface area contributed by atoms with Crippen molar-refractivity contribution < 1.29 is 9.53 Å². The fourth-order valence-corrected chi connectivity index (χ4v) is 1.73. The lowest BCUT2D eigenvalue weighted by molar-refractivity contribution is 0.102. The number of anilines is 1. The van der Waals surface area contributed by atoms with Crippen molar-refractivity contribution >= 4 is 23.2 Å². The molecule has 0 aliphatic heterocycles. The Balaban J connectivity index is 2.05. The number of nitrogens with one attached hydrogen (secondary N) is 1. The number of halogens is 1. The lowest BCUT2D eigenvalue weighted by atomic mass is 10.2. The number of rotatable bonds is 4. The Morgan fingerprint density at radius 1 is 1.11 bits per heavy atom. The minimum absolute atomic E-state index is 0.162. The monoisotopic (exact) mass is 275 g/mol. The van der Waals surface area contributed by atoms with Crippen LogP contribution in [0.1, 0.15) is 17.3 Å². The zero-order chi connectivity index (χ0) is 13.7. The van der Waals surface area contributed by atoms with Crippen LogP contribution in [0.25, 0.3) is 0 Å². The summed E-state index contributed by atoms with van der Waals surface area (Å²) in [6.07, 6.45) is 0. The predicted octanol–water partition coefficient (Wildman–Crippen LogP) is 3.99. The van der Waals surface area contributed by atoms with Crippen molar-refractivity contribution in [2.24, 2.45) is 0 Å². The smallest absolute Gasteiger partial charge is 0.255 e. The van der Waals surface area contributed by atoms with Gasteiger partial charge in [0.1, 0.15) is 5.75 Å². The number of hydrogen-bond donors (Lipinski definition) is 1. The van der Waals surface area contributed by atoms with E-state index in [-0.39, 0.29) is 5.91 Å². The Labute approximate surface area is 117 Å². The molecular formula is C15H14ClNO2. The van der Waals surface area contributed by atoms with Crippen molar-refractivity contribution in [2.75, 3.05) is 11.9 Å². The predicted molar refractivity (Wildman–Crippen MR) is 77.0 cm³/mol. The van der Waals surface area contributed by atoms with E-state index in [1.807, 2.05) is 6.92 Å². The zero-order valence-electron chi connectivity index (χ0n) is 10.5. The molecule has 3 nitrogen and oxygen atoms in total. The van der Waals surface area contributed by atoms with Crippen LogP contribution in [0.2, 0.25) is 5.02 Å². The highest BCUT2D eigenvalue weighted by atomic mass is 35.5. The molecule has 1 amide bonds. The molecule has 98 valence electrons. The first kappa shape index (κ1) is 13.4. The summed E-state index contributed by atoms with van der Waals surface area (Å²) < 4.78 is 5.33. The van der Waals surface area contributed by atoms with Crippen LogP contribution in [0, 0.1) is 0 Å². The topological polar surface area (TPSA) is 38.3 Å². The van der Waals surface area contributed by atoms with Gasteiger partial charge in [0.25, 0.3) is 5.91 Å². The molecule has 2 aromatic carbocycles. The number of ether oxygens (including phenoxy) is 1. The Bertz CT molecular complexity index is 549. The van der Waals surface area contributed by atoms with Gasteiger partial charge in [-0.1, -0.05) is 11.6 Å². The number of benzene rings is 2. The van der Waals surface area contributed by atoms with E-state index in [1.165, 1.54) is 0 Å². The van der Waals surface area contributed by atoms with Crippen LogP contribution in [-0.2, 0) is 0 Å². The van der Waals surface area contributed by atoms with E-state index in [0.717, 1.165) is 5.75 Å². The second-order valence-corrected chi connectivity index (χ2v) is 4.35. The molecule has 19 heavy (non-hydrogen) atoms. The van der Waals surface area contributed by atoms with Gasteiger partial charge < -0.3 is 10.1 Å². The summed E-state index contributed by atoms with van der Waals surface area (Å²) in [5.41, 5.74) is 1.29. The van der Waals surface area contributed by atoms with Crippen molar-refractivity contribution in [3.8, 4) is 5.75 Å². The molecule has 0 aromatic heterocycles. The average Bonchev–Trinajstić information content (AvgIpc) is 2.42. The van der Waals surface area contributed by atoms with E-state index in [0.29, 0.717) is 22.9 Å². The molecule has 2 rings (SSSR count). The summed E-state index contributed by atoms with van der Waals surface area (Å²) in [6, 6.07) is 14.0. The van der Waals surface area contributed by atoms with Gasteiger partial charge in [-0.15, -0.1) is 0 Å². The molecule has 4 heteroatoms.